The van der Waals surface area contributed by atoms with E-state index in [0.29, 0.717) is 53.5 Å². The summed E-state index contributed by atoms with van der Waals surface area (Å²) < 4.78 is 5.40. The number of nitro groups is 1. The Hall–Kier alpha value is -3.54. The Balaban J connectivity index is 1.57. The van der Waals surface area contributed by atoms with Gasteiger partial charge in [-0.3, -0.25) is 10.1 Å². The molecule has 0 radical (unpaired) electrons. The minimum atomic E-state index is -0.462. The molecule has 13 heteroatoms. The summed E-state index contributed by atoms with van der Waals surface area (Å²) in [6.07, 6.45) is 1.53. The molecule has 1 saturated heterocycles. The van der Waals surface area contributed by atoms with Crippen molar-refractivity contribution in [3.05, 3.63) is 68.2 Å². The molecule has 33 heavy (non-hydrogen) atoms. The minimum absolute atomic E-state index is 0.0113. The molecule has 0 amide bonds. The van der Waals surface area contributed by atoms with Gasteiger partial charge in [0.25, 0.3) is 5.69 Å². The number of hydrogen-bond donors (Lipinski definition) is 2. The Morgan fingerprint density at radius 2 is 1.79 bits per heavy atom. The van der Waals surface area contributed by atoms with Crippen LogP contribution in [0.2, 0.25) is 10.0 Å². The first-order valence-electron chi connectivity index (χ1n) is 9.82. The van der Waals surface area contributed by atoms with Crippen LogP contribution in [-0.4, -0.2) is 52.4 Å². The second kappa shape index (κ2) is 10.4. The van der Waals surface area contributed by atoms with Gasteiger partial charge in [0.1, 0.15) is 0 Å². The van der Waals surface area contributed by atoms with Gasteiger partial charge in [0, 0.05) is 41.5 Å². The van der Waals surface area contributed by atoms with E-state index < -0.39 is 4.92 Å². The van der Waals surface area contributed by atoms with Gasteiger partial charge in [-0.2, -0.15) is 20.1 Å². The molecule has 4 rings (SSSR count). The van der Waals surface area contributed by atoms with E-state index in [9.17, 15) is 10.1 Å². The molecular weight excluding hydrogens is 471 g/mol. The van der Waals surface area contributed by atoms with Crippen LogP contribution in [0.5, 0.6) is 0 Å². The van der Waals surface area contributed by atoms with Crippen molar-refractivity contribution in [1.82, 2.24) is 15.0 Å². The average Bonchev–Trinajstić information content (AvgIpc) is 2.81. The van der Waals surface area contributed by atoms with Crippen molar-refractivity contribution in [2.24, 2.45) is 5.10 Å². The molecule has 0 saturated carbocycles. The number of halogens is 2. The smallest absolute Gasteiger partial charge is 0.269 e. The van der Waals surface area contributed by atoms with Gasteiger partial charge in [-0.15, -0.1) is 0 Å². The Kier molecular flexibility index (Phi) is 7.13. The van der Waals surface area contributed by atoms with Gasteiger partial charge >= 0.3 is 0 Å². The fourth-order valence-corrected chi connectivity index (χ4v) is 3.39. The third-order valence-electron chi connectivity index (χ3n) is 4.58. The number of nitro benzene ring substituents is 1. The van der Waals surface area contributed by atoms with Gasteiger partial charge in [-0.1, -0.05) is 29.3 Å². The number of benzene rings is 2. The molecule has 0 aliphatic carbocycles. The van der Waals surface area contributed by atoms with Gasteiger partial charge in [0.15, 0.2) is 0 Å². The molecule has 1 aromatic heterocycles. The highest BCUT2D eigenvalue weighted by atomic mass is 35.5. The van der Waals surface area contributed by atoms with Crippen molar-refractivity contribution >= 4 is 58.6 Å². The van der Waals surface area contributed by atoms with Crippen LogP contribution >= 0.6 is 23.2 Å². The lowest BCUT2D eigenvalue weighted by atomic mass is 10.2. The molecular formula is C20H18Cl2N8O3. The molecule has 0 unspecified atom stereocenters. The third-order valence-corrected chi connectivity index (χ3v) is 5.14. The zero-order chi connectivity index (χ0) is 23.2. The fraction of sp³-hybridized carbons (Fsp3) is 0.200. The number of ether oxygens (including phenoxy) is 1. The summed E-state index contributed by atoms with van der Waals surface area (Å²) in [5.74, 6) is 0.903. The number of hydrogen-bond acceptors (Lipinski definition) is 10. The number of rotatable bonds is 7. The van der Waals surface area contributed by atoms with Crippen molar-refractivity contribution in [2.75, 3.05) is 41.9 Å². The average molecular weight is 489 g/mol. The largest absolute Gasteiger partial charge is 0.378 e. The van der Waals surface area contributed by atoms with E-state index in [1.165, 1.54) is 18.3 Å². The van der Waals surface area contributed by atoms with Crippen LogP contribution in [-0.2, 0) is 4.74 Å². The maximum Gasteiger partial charge on any atom is 0.269 e. The summed E-state index contributed by atoms with van der Waals surface area (Å²) in [4.78, 5) is 25.6. The van der Waals surface area contributed by atoms with Crippen molar-refractivity contribution in [3.63, 3.8) is 0 Å². The normalized spacial score (nSPS) is 13.8. The van der Waals surface area contributed by atoms with Crippen LogP contribution in [0.4, 0.5) is 29.2 Å². The van der Waals surface area contributed by atoms with Gasteiger partial charge in [-0.25, -0.2) is 5.43 Å². The zero-order valence-electron chi connectivity index (χ0n) is 17.1. The van der Waals surface area contributed by atoms with Crippen LogP contribution in [0.25, 0.3) is 0 Å². The Morgan fingerprint density at radius 1 is 1.06 bits per heavy atom. The molecule has 11 nitrogen and oxygen atoms in total. The number of morpholine rings is 1. The lowest BCUT2D eigenvalue weighted by molar-refractivity contribution is -0.384. The molecule has 2 heterocycles. The number of anilines is 4. The quantitative estimate of drug-likeness (QED) is 0.286. The molecule has 0 bridgehead atoms. The summed E-state index contributed by atoms with van der Waals surface area (Å²) >= 11 is 12.1. The van der Waals surface area contributed by atoms with E-state index in [-0.39, 0.29) is 17.6 Å². The Morgan fingerprint density at radius 3 is 2.48 bits per heavy atom. The minimum Gasteiger partial charge on any atom is -0.378 e. The van der Waals surface area contributed by atoms with E-state index in [2.05, 4.69) is 30.8 Å². The van der Waals surface area contributed by atoms with Crippen molar-refractivity contribution in [1.29, 1.82) is 0 Å². The van der Waals surface area contributed by atoms with Crippen LogP contribution in [0, 0.1) is 10.1 Å². The third kappa shape index (κ3) is 6.04. The molecule has 2 aromatic carbocycles. The summed E-state index contributed by atoms with van der Waals surface area (Å²) in [6.45, 7) is 2.38. The lowest BCUT2D eigenvalue weighted by Gasteiger charge is -2.27. The summed E-state index contributed by atoms with van der Waals surface area (Å²) in [5, 5.41) is 19.1. The number of hydrazone groups is 1. The maximum atomic E-state index is 10.9. The second-order valence-electron chi connectivity index (χ2n) is 6.85. The Labute approximate surface area is 198 Å². The molecule has 0 spiro atoms. The Bertz CT molecular complexity index is 1170. The van der Waals surface area contributed by atoms with Crippen LogP contribution < -0.4 is 15.6 Å². The highest BCUT2D eigenvalue weighted by Gasteiger charge is 2.17. The topological polar surface area (TPSA) is 131 Å². The van der Waals surface area contributed by atoms with Crippen molar-refractivity contribution in [2.45, 2.75) is 0 Å². The standard InChI is InChI=1S/C20H18Cl2N8O3/c21-14-2-1-13(17(22)11-14)12-23-28-19-25-18(24-15-3-5-16(6-4-15)30(31)32)26-20(27-19)29-7-9-33-10-8-29/h1-6,11-12H,7-10H2,(H2,24,25,26,27,28)/b23-12+. The van der Waals surface area contributed by atoms with E-state index in [0.717, 1.165) is 0 Å². The monoisotopic (exact) mass is 488 g/mol. The molecule has 1 aliphatic rings. The van der Waals surface area contributed by atoms with Crippen LogP contribution in [0.3, 0.4) is 0 Å². The lowest BCUT2D eigenvalue weighted by Crippen LogP contribution is -2.37. The first-order chi connectivity index (χ1) is 16.0. The van der Waals surface area contributed by atoms with Gasteiger partial charge < -0.3 is 15.0 Å². The van der Waals surface area contributed by atoms with Crippen LogP contribution in [0.15, 0.2) is 47.6 Å². The van der Waals surface area contributed by atoms with E-state index in [4.69, 9.17) is 27.9 Å². The maximum absolute atomic E-state index is 10.9. The highest BCUT2D eigenvalue weighted by molar-refractivity contribution is 6.36. The first kappa shape index (κ1) is 22.6. The van der Waals surface area contributed by atoms with Crippen molar-refractivity contribution < 1.29 is 9.66 Å². The van der Waals surface area contributed by atoms with Gasteiger partial charge in [0.2, 0.25) is 17.8 Å². The highest BCUT2D eigenvalue weighted by Crippen LogP contribution is 2.22. The molecule has 0 atom stereocenters. The molecule has 1 fully saturated rings. The van der Waals surface area contributed by atoms with E-state index in [1.807, 2.05) is 4.90 Å². The number of nitrogens with one attached hydrogen (secondary N) is 2. The van der Waals surface area contributed by atoms with Crippen molar-refractivity contribution in [3.8, 4) is 0 Å². The van der Waals surface area contributed by atoms with Gasteiger partial charge in [0.05, 0.1) is 29.4 Å². The summed E-state index contributed by atoms with van der Waals surface area (Å²) in [6, 6.07) is 11.0. The van der Waals surface area contributed by atoms with Gasteiger partial charge in [-0.05, 0) is 24.3 Å². The summed E-state index contributed by atoms with van der Waals surface area (Å²) in [7, 11) is 0. The number of non-ortho nitro benzene ring substituents is 1. The summed E-state index contributed by atoms with van der Waals surface area (Å²) in [5.41, 5.74) is 4.03. The molecule has 170 valence electrons. The predicted octanol–water partition coefficient (Wildman–Crippen LogP) is 4.11. The molecule has 1 aliphatic heterocycles. The number of aromatic nitrogens is 3. The predicted molar refractivity (Wildman–Crippen MR) is 127 cm³/mol. The molecule has 3 aromatic rings. The second-order valence-corrected chi connectivity index (χ2v) is 7.69. The fourth-order valence-electron chi connectivity index (χ4n) is 2.94. The zero-order valence-corrected chi connectivity index (χ0v) is 18.6. The van der Waals surface area contributed by atoms with E-state index in [1.54, 1.807) is 30.3 Å². The molecule has 2 N–H and O–H groups in total. The van der Waals surface area contributed by atoms with E-state index >= 15 is 0 Å². The number of nitrogens with zero attached hydrogens (tertiary/aromatic N) is 6. The van der Waals surface area contributed by atoms with Crippen LogP contribution in [0.1, 0.15) is 5.56 Å². The SMILES string of the molecule is O=[N+]([O-])c1ccc(Nc2nc(N/N=C/c3ccc(Cl)cc3Cl)nc(N3CCOCC3)n2)cc1. The first-order valence-corrected chi connectivity index (χ1v) is 10.6.